The number of pyridine rings is 1. The summed E-state index contributed by atoms with van der Waals surface area (Å²) < 4.78 is 8.68. The van der Waals surface area contributed by atoms with Crippen LogP contribution in [0.25, 0.3) is 44.3 Å². The van der Waals surface area contributed by atoms with Gasteiger partial charge in [-0.05, 0) is 71.7 Å². The van der Waals surface area contributed by atoms with Crippen LogP contribution in [0.2, 0.25) is 0 Å². The molecule has 0 N–H and O–H groups in total. The van der Waals surface area contributed by atoms with E-state index in [1.165, 1.54) is 22.3 Å². The van der Waals surface area contributed by atoms with Gasteiger partial charge in [0.05, 0.1) is 17.2 Å². The maximum Gasteiger partial charge on any atom is 0.213 e. The molecule has 2 aromatic heterocycles. The minimum absolute atomic E-state index is 0.280. The fourth-order valence-corrected chi connectivity index (χ4v) is 5.74. The number of aryl methyl sites for hydroxylation is 2. The summed E-state index contributed by atoms with van der Waals surface area (Å²) in [5.41, 5.74) is 10.8. The van der Waals surface area contributed by atoms with Crippen LogP contribution in [-0.4, -0.2) is 0 Å². The van der Waals surface area contributed by atoms with Crippen LogP contribution < -0.4 is 4.57 Å². The molecule has 0 radical (unpaired) electrons. The molecule has 6 rings (SSSR count). The van der Waals surface area contributed by atoms with Crippen LogP contribution in [0.5, 0.6) is 0 Å². The van der Waals surface area contributed by atoms with Crippen molar-refractivity contribution in [2.75, 3.05) is 0 Å². The Morgan fingerprint density at radius 2 is 1.76 bits per heavy atom. The van der Waals surface area contributed by atoms with Crippen LogP contribution in [0.4, 0.5) is 0 Å². The molecule has 0 atom stereocenters. The van der Waals surface area contributed by atoms with Gasteiger partial charge in [-0.2, -0.15) is 5.26 Å². The SMILES string of the molecule is Cc1ccc2oc3c(-c4ccc5c(c4)CC(C)(C)C5)c(C#N)ccc3c2c1-c1cccc[n+]1C. The van der Waals surface area contributed by atoms with Crippen molar-refractivity contribution in [1.29, 1.82) is 5.26 Å². The molecule has 1 aliphatic rings. The van der Waals surface area contributed by atoms with Crippen molar-refractivity contribution in [3.8, 4) is 28.5 Å². The zero-order valence-corrected chi connectivity index (χ0v) is 20.1. The van der Waals surface area contributed by atoms with Crippen LogP contribution in [-0.2, 0) is 19.9 Å². The Labute approximate surface area is 199 Å². The molecule has 0 fully saturated rings. The molecule has 0 spiro atoms. The summed E-state index contributed by atoms with van der Waals surface area (Å²) in [6.45, 7) is 6.79. The van der Waals surface area contributed by atoms with E-state index in [1.807, 2.05) is 18.2 Å². The predicted octanol–water partition coefficient (Wildman–Crippen LogP) is 7.05. The van der Waals surface area contributed by atoms with Crippen LogP contribution in [0.15, 0.2) is 71.3 Å². The Hall–Kier alpha value is -3.90. The normalized spacial score (nSPS) is 14.4. The molecule has 0 saturated heterocycles. The molecule has 3 nitrogen and oxygen atoms in total. The molecule has 0 saturated carbocycles. The van der Waals surface area contributed by atoms with E-state index in [0.717, 1.165) is 51.6 Å². The first-order valence-electron chi connectivity index (χ1n) is 11.8. The average Bonchev–Trinajstić information content (AvgIpc) is 3.34. The van der Waals surface area contributed by atoms with E-state index in [2.05, 4.69) is 87.1 Å². The van der Waals surface area contributed by atoms with Crippen LogP contribution >= 0.6 is 0 Å². The van der Waals surface area contributed by atoms with E-state index >= 15 is 0 Å². The fourth-order valence-electron chi connectivity index (χ4n) is 5.74. The molecular weight excluding hydrogens is 416 g/mol. The topological polar surface area (TPSA) is 40.8 Å². The number of fused-ring (bicyclic) bond motifs is 4. The number of aromatic nitrogens is 1. The van der Waals surface area contributed by atoms with E-state index in [1.54, 1.807) is 0 Å². The third-order valence-electron chi connectivity index (χ3n) is 7.28. The van der Waals surface area contributed by atoms with E-state index < -0.39 is 0 Å². The Morgan fingerprint density at radius 3 is 2.56 bits per heavy atom. The molecular formula is C31H27N2O+. The van der Waals surface area contributed by atoms with E-state index in [9.17, 15) is 5.26 Å². The second kappa shape index (κ2) is 7.30. The summed E-state index contributed by atoms with van der Waals surface area (Å²) in [6, 6.07) is 23.5. The number of rotatable bonds is 2. The van der Waals surface area contributed by atoms with Crippen LogP contribution in [0.3, 0.4) is 0 Å². The van der Waals surface area contributed by atoms with Crippen molar-refractivity contribution in [2.45, 2.75) is 33.6 Å². The zero-order chi connectivity index (χ0) is 23.6. The Morgan fingerprint density at radius 1 is 0.941 bits per heavy atom. The average molecular weight is 444 g/mol. The highest BCUT2D eigenvalue weighted by Gasteiger charge is 2.29. The molecule has 166 valence electrons. The lowest BCUT2D eigenvalue weighted by molar-refractivity contribution is -0.660. The van der Waals surface area contributed by atoms with Crippen molar-refractivity contribution < 1.29 is 8.98 Å². The molecule has 3 heteroatoms. The van der Waals surface area contributed by atoms with Crippen LogP contribution in [0, 0.1) is 23.7 Å². The predicted molar refractivity (Wildman–Crippen MR) is 136 cm³/mol. The quantitative estimate of drug-likeness (QED) is 0.274. The first kappa shape index (κ1) is 20.7. The van der Waals surface area contributed by atoms with Crippen molar-refractivity contribution in [1.82, 2.24) is 0 Å². The van der Waals surface area contributed by atoms with E-state index in [0.29, 0.717) is 5.56 Å². The van der Waals surface area contributed by atoms with Gasteiger partial charge in [0.15, 0.2) is 6.20 Å². The lowest BCUT2D eigenvalue weighted by atomic mass is 9.90. The smallest absolute Gasteiger partial charge is 0.213 e. The third kappa shape index (κ3) is 3.06. The van der Waals surface area contributed by atoms with Crippen LogP contribution in [0.1, 0.15) is 36.1 Å². The van der Waals surface area contributed by atoms with Gasteiger partial charge < -0.3 is 4.42 Å². The summed E-state index contributed by atoms with van der Waals surface area (Å²) in [6.07, 6.45) is 4.22. The Kier molecular flexibility index (Phi) is 4.44. The Balaban J connectivity index is 1.67. The number of hydrogen-bond acceptors (Lipinski definition) is 2. The van der Waals surface area contributed by atoms with E-state index in [-0.39, 0.29) is 5.41 Å². The fraction of sp³-hybridized carbons (Fsp3) is 0.226. The van der Waals surface area contributed by atoms with Crippen molar-refractivity contribution in [2.24, 2.45) is 12.5 Å². The number of benzene rings is 3. The van der Waals surface area contributed by atoms with Crippen molar-refractivity contribution in [3.63, 3.8) is 0 Å². The van der Waals surface area contributed by atoms with Crippen molar-refractivity contribution in [3.05, 3.63) is 89.1 Å². The lowest BCUT2D eigenvalue weighted by Crippen LogP contribution is -2.30. The maximum atomic E-state index is 10.0. The third-order valence-corrected chi connectivity index (χ3v) is 7.28. The molecule has 34 heavy (non-hydrogen) atoms. The summed E-state index contributed by atoms with van der Waals surface area (Å²) in [4.78, 5) is 0. The summed E-state index contributed by atoms with van der Waals surface area (Å²) in [5, 5.41) is 12.2. The van der Waals surface area contributed by atoms with Gasteiger partial charge in [0.2, 0.25) is 5.69 Å². The highest BCUT2D eigenvalue weighted by molar-refractivity contribution is 6.16. The molecule has 2 heterocycles. The molecule has 0 unspecified atom stereocenters. The van der Waals surface area contributed by atoms with Gasteiger partial charge in [0.1, 0.15) is 18.2 Å². The first-order chi connectivity index (χ1) is 16.4. The molecule has 0 bridgehead atoms. The highest BCUT2D eigenvalue weighted by Crippen LogP contribution is 2.44. The maximum absolute atomic E-state index is 10.0. The minimum Gasteiger partial charge on any atom is -0.455 e. The molecule has 1 aliphatic carbocycles. The Bertz CT molecular complexity index is 1660. The number of hydrogen-bond donors (Lipinski definition) is 0. The lowest BCUT2D eigenvalue weighted by Gasteiger charge is -2.14. The van der Waals surface area contributed by atoms with Gasteiger partial charge in [-0.15, -0.1) is 0 Å². The number of nitrogens with zero attached hydrogens (tertiary/aromatic N) is 2. The molecule has 0 aliphatic heterocycles. The molecule has 5 aromatic rings. The second-order valence-electron chi connectivity index (χ2n) is 10.4. The van der Waals surface area contributed by atoms with Gasteiger partial charge >= 0.3 is 0 Å². The highest BCUT2D eigenvalue weighted by atomic mass is 16.3. The standard InChI is InChI=1S/C31H27N2O/c1-19-8-13-26-29(27(19)25-7-5-6-14-33(25)4)24-12-11-22(18-32)28(30(24)34-26)20-9-10-21-16-31(2,3)17-23(21)15-20/h5-15H,16-17H2,1-4H3/q+1. The molecule has 3 aromatic carbocycles. The zero-order valence-electron chi connectivity index (χ0n) is 20.1. The monoisotopic (exact) mass is 443 g/mol. The minimum atomic E-state index is 0.280. The summed E-state index contributed by atoms with van der Waals surface area (Å²) in [7, 11) is 2.07. The van der Waals surface area contributed by atoms with Crippen molar-refractivity contribution >= 4 is 21.9 Å². The number of furan rings is 1. The van der Waals surface area contributed by atoms with Gasteiger partial charge in [-0.25, -0.2) is 4.57 Å². The number of nitriles is 1. The largest absolute Gasteiger partial charge is 0.455 e. The summed E-state index contributed by atoms with van der Waals surface area (Å²) in [5.74, 6) is 0. The molecule has 0 amide bonds. The van der Waals surface area contributed by atoms with Gasteiger partial charge in [-0.3, -0.25) is 0 Å². The first-order valence-corrected chi connectivity index (χ1v) is 11.8. The van der Waals surface area contributed by atoms with Gasteiger partial charge in [0, 0.05) is 28.5 Å². The van der Waals surface area contributed by atoms with Gasteiger partial charge in [-0.1, -0.05) is 38.1 Å². The van der Waals surface area contributed by atoms with E-state index in [4.69, 9.17) is 4.42 Å². The van der Waals surface area contributed by atoms with Gasteiger partial charge in [0.25, 0.3) is 0 Å². The summed E-state index contributed by atoms with van der Waals surface area (Å²) >= 11 is 0. The second-order valence-corrected chi connectivity index (χ2v) is 10.4.